The lowest BCUT2D eigenvalue weighted by Crippen LogP contribution is -2.41. The molecule has 6 heteroatoms. The molecule has 0 bridgehead atoms. The number of anilines is 2. The molecule has 1 atom stereocenters. The van der Waals surface area contributed by atoms with Gasteiger partial charge in [0.05, 0.1) is 11.3 Å². The zero-order valence-electron chi connectivity index (χ0n) is 10.8. The Morgan fingerprint density at radius 1 is 1.42 bits per heavy atom. The topological polar surface area (TPSA) is 101 Å². The summed E-state index contributed by atoms with van der Waals surface area (Å²) in [6.45, 7) is 0.695. The third kappa shape index (κ3) is 2.47. The van der Waals surface area contributed by atoms with Crippen LogP contribution in [0.3, 0.4) is 0 Å². The average Bonchev–Trinajstić information content (AvgIpc) is 2.87. The van der Waals surface area contributed by atoms with Gasteiger partial charge in [-0.2, -0.15) is 0 Å². The van der Waals surface area contributed by atoms with Crippen LogP contribution in [-0.2, 0) is 4.79 Å². The minimum Gasteiger partial charge on any atom is -0.399 e. The molecule has 1 saturated heterocycles. The Hall–Kier alpha value is -2.24. The predicted octanol–water partition coefficient (Wildman–Crippen LogP) is 0.0825. The molecule has 1 aromatic rings. The Morgan fingerprint density at radius 3 is 2.79 bits per heavy atom. The molecule has 1 aliphatic rings. The number of amides is 2. The summed E-state index contributed by atoms with van der Waals surface area (Å²) in [5, 5.41) is 2.59. The minimum atomic E-state index is -0.372. The number of carbonyl (C=O) groups excluding carboxylic acids is 2. The fourth-order valence-corrected chi connectivity index (χ4v) is 2.46. The molecule has 1 aromatic carbocycles. The van der Waals surface area contributed by atoms with Crippen molar-refractivity contribution >= 4 is 23.2 Å². The van der Waals surface area contributed by atoms with Crippen LogP contribution >= 0.6 is 0 Å². The van der Waals surface area contributed by atoms with Gasteiger partial charge in [0.2, 0.25) is 5.91 Å². The number of carbonyl (C=O) groups is 2. The van der Waals surface area contributed by atoms with E-state index in [0.717, 1.165) is 6.42 Å². The van der Waals surface area contributed by atoms with E-state index >= 15 is 0 Å². The second-order valence-corrected chi connectivity index (χ2v) is 4.61. The van der Waals surface area contributed by atoms with E-state index < -0.39 is 0 Å². The number of benzene rings is 1. The molecule has 0 radical (unpaired) electrons. The lowest BCUT2D eigenvalue weighted by molar-refractivity contribution is -0.119. The quantitative estimate of drug-likeness (QED) is 0.671. The molecule has 1 fully saturated rings. The molecular formula is C13H18N4O2. The van der Waals surface area contributed by atoms with E-state index in [1.165, 1.54) is 0 Å². The molecular weight excluding hydrogens is 244 g/mol. The van der Waals surface area contributed by atoms with Crippen LogP contribution in [0.2, 0.25) is 0 Å². The molecule has 0 aliphatic carbocycles. The number of hydrogen-bond donors (Lipinski definition) is 3. The third-order valence-corrected chi connectivity index (χ3v) is 3.38. The normalized spacial score (nSPS) is 18.4. The molecule has 1 heterocycles. The number of rotatable bonds is 3. The highest BCUT2D eigenvalue weighted by Crippen LogP contribution is 2.30. The standard InChI is InChI=1S/C13H18N4O2/c1-16-13(19)9-5-4-8(14)7-11(9)17-6-2-3-10(17)12(15)18/h4-5,7,10H,2-3,6,14H2,1H3,(H2,15,18)(H,16,19). The first kappa shape index (κ1) is 13.2. The monoisotopic (exact) mass is 262 g/mol. The van der Waals surface area contributed by atoms with E-state index in [0.29, 0.717) is 29.9 Å². The molecule has 1 unspecified atom stereocenters. The Morgan fingerprint density at radius 2 is 2.16 bits per heavy atom. The highest BCUT2D eigenvalue weighted by molar-refractivity contribution is 6.01. The van der Waals surface area contributed by atoms with Crippen molar-refractivity contribution in [3.63, 3.8) is 0 Å². The first-order chi connectivity index (χ1) is 9.04. The summed E-state index contributed by atoms with van der Waals surface area (Å²) < 4.78 is 0. The van der Waals surface area contributed by atoms with Crippen LogP contribution in [0.4, 0.5) is 11.4 Å². The Labute approximate surface area is 111 Å². The van der Waals surface area contributed by atoms with Crippen LogP contribution in [0.15, 0.2) is 18.2 Å². The molecule has 0 aromatic heterocycles. The summed E-state index contributed by atoms with van der Waals surface area (Å²) in [5.41, 5.74) is 12.9. The number of primary amides is 1. The second-order valence-electron chi connectivity index (χ2n) is 4.61. The van der Waals surface area contributed by atoms with E-state index in [1.54, 1.807) is 25.2 Å². The van der Waals surface area contributed by atoms with Crippen molar-refractivity contribution in [3.05, 3.63) is 23.8 Å². The third-order valence-electron chi connectivity index (χ3n) is 3.38. The zero-order valence-corrected chi connectivity index (χ0v) is 10.8. The molecule has 0 spiro atoms. The molecule has 5 N–H and O–H groups in total. The van der Waals surface area contributed by atoms with Crippen molar-refractivity contribution in [2.45, 2.75) is 18.9 Å². The molecule has 1 aliphatic heterocycles. The van der Waals surface area contributed by atoms with Crippen LogP contribution in [0, 0.1) is 0 Å². The first-order valence-corrected chi connectivity index (χ1v) is 6.22. The molecule has 0 saturated carbocycles. The number of nitrogens with zero attached hydrogens (tertiary/aromatic N) is 1. The van der Waals surface area contributed by atoms with E-state index in [9.17, 15) is 9.59 Å². The van der Waals surface area contributed by atoms with E-state index in [-0.39, 0.29) is 17.9 Å². The molecule has 2 rings (SSSR count). The van der Waals surface area contributed by atoms with Crippen molar-refractivity contribution < 1.29 is 9.59 Å². The zero-order chi connectivity index (χ0) is 14.0. The molecule has 2 amide bonds. The van der Waals surface area contributed by atoms with E-state index in [1.807, 2.05) is 4.90 Å². The second kappa shape index (κ2) is 5.17. The maximum Gasteiger partial charge on any atom is 0.253 e. The molecule has 102 valence electrons. The predicted molar refractivity (Wildman–Crippen MR) is 73.8 cm³/mol. The SMILES string of the molecule is CNC(=O)c1ccc(N)cc1N1CCCC1C(N)=O. The van der Waals surface area contributed by atoms with Gasteiger partial charge in [0.1, 0.15) is 6.04 Å². The minimum absolute atomic E-state index is 0.204. The Balaban J connectivity index is 2.45. The molecule has 19 heavy (non-hydrogen) atoms. The van der Waals surface area contributed by atoms with Crippen molar-refractivity contribution in [1.29, 1.82) is 0 Å². The molecule has 6 nitrogen and oxygen atoms in total. The van der Waals surface area contributed by atoms with E-state index in [2.05, 4.69) is 5.32 Å². The van der Waals surface area contributed by atoms with Gasteiger partial charge < -0.3 is 21.7 Å². The van der Waals surface area contributed by atoms with Gasteiger partial charge in [-0.1, -0.05) is 0 Å². The van der Waals surface area contributed by atoms with Gasteiger partial charge in [-0.25, -0.2) is 0 Å². The number of nitrogen functional groups attached to an aromatic ring is 1. The number of nitrogens with one attached hydrogen (secondary N) is 1. The Kier molecular flexibility index (Phi) is 3.59. The number of nitrogens with two attached hydrogens (primary N) is 2. The van der Waals surface area contributed by atoms with Gasteiger partial charge in [0, 0.05) is 19.3 Å². The van der Waals surface area contributed by atoms with Gasteiger partial charge >= 0.3 is 0 Å². The van der Waals surface area contributed by atoms with E-state index in [4.69, 9.17) is 11.5 Å². The smallest absolute Gasteiger partial charge is 0.253 e. The lowest BCUT2D eigenvalue weighted by Gasteiger charge is -2.26. The Bertz CT molecular complexity index is 515. The average molecular weight is 262 g/mol. The largest absolute Gasteiger partial charge is 0.399 e. The van der Waals surface area contributed by atoms with Crippen molar-refractivity contribution in [1.82, 2.24) is 5.32 Å². The van der Waals surface area contributed by atoms with Gasteiger partial charge in [0.15, 0.2) is 0 Å². The van der Waals surface area contributed by atoms with Gasteiger partial charge in [-0.05, 0) is 31.0 Å². The summed E-state index contributed by atoms with van der Waals surface area (Å²) in [5.74, 6) is -0.576. The maximum absolute atomic E-state index is 11.9. The van der Waals surface area contributed by atoms with Crippen LogP contribution in [0.25, 0.3) is 0 Å². The highest BCUT2D eigenvalue weighted by atomic mass is 16.2. The maximum atomic E-state index is 11.9. The summed E-state index contributed by atoms with van der Waals surface area (Å²) >= 11 is 0. The fourth-order valence-electron chi connectivity index (χ4n) is 2.46. The summed E-state index contributed by atoms with van der Waals surface area (Å²) in [6.07, 6.45) is 1.58. The lowest BCUT2D eigenvalue weighted by atomic mass is 10.1. The summed E-state index contributed by atoms with van der Waals surface area (Å²) in [4.78, 5) is 25.2. The summed E-state index contributed by atoms with van der Waals surface area (Å²) in [6, 6.07) is 4.68. The highest BCUT2D eigenvalue weighted by Gasteiger charge is 2.31. The van der Waals surface area contributed by atoms with Crippen LogP contribution in [0.5, 0.6) is 0 Å². The van der Waals surface area contributed by atoms with Crippen LogP contribution < -0.4 is 21.7 Å². The van der Waals surface area contributed by atoms with Gasteiger partial charge in [-0.3, -0.25) is 9.59 Å². The van der Waals surface area contributed by atoms with Gasteiger partial charge in [0.25, 0.3) is 5.91 Å². The first-order valence-electron chi connectivity index (χ1n) is 6.22. The number of hydrogen-bond acceptors (Lipinski definition) is 4. The fraction of sp³-hybridized carbons (Fsp3) is 0.385. The van der Waals surface area contributed by atoms with Crippen molar-refractivity contribution in [3.8, 4) is 0 Å². The van der Waals surface area contributed by atoms with Crippen LogP contribution in [-0.4, -0.2) is 31.4 Å². The summed E-state index contributed by atoms with van der Waals surface area (Å²) in [7, 11) is 1.57. The van der Waals surface area contributed by atoms with Crippen molar-refractivity contribution in [2.24, 2.45) is 5.73 Å². The van der Waals surface area contributed by atoms with Crippen LogP contribution in [0.1, 0.15) is 23.2 Å². The van der Waals surface area contributed by atoms with Crippen molar-refractivity contribution in [2.75, 3.05) is 24.2 Å². The van der Waals surface area contributed by atoms with Gasteiger partial charge in [-0.15, -0.1) is 0 Å².